The monoisotopic (exact) mass is 198 g/mol. The minimum Gasteiger partial charge on any atom is -0.321 e. The first kappa shape index (κ1) is 10.2. The molecule has 1 N–H and O–H groups in total. The van der Waals surface area contributed by atoms with Crippen molar-refractivity contribution in [3.63, 3.8) is 0 Å². The molecule has 1 aromatic carbocycles. The highest BCUT2D eigenvalue weighted by Crippen LogP contribution is 2.43. The third-order valence-electron chi connectivity index (χ3n) is 1.49. The van der Waals surface area contributed by atoms with Crippen molar-refractivity contribution in [2.75, 3.05) is 0 Å². The zero-order valence-corrected chi connectivity index (χ0v) is 7.98. The fraction of sp³-hybridized carbons (Fsp3) is 0.111. The van der Waals surface area contributed by atoms with E-state index >= 15 is 0 Å². The van der Waals surface area contributed by atoms with Crippen molar-refractivity contribution in [2.24, 2.45) is 0 Å². The van der Waals surface area contributed by atoms with Crippen molar-refractivity contribution in [3.8, 4) is 0 Å². The highest BCUT2D eigenvalue weighted by Gasteiger charge is 2.12. The standard InChI is InChI=1S/C9H11O3P/c1-2-13(10,11)12-8-9-6-4-3-5-7-9/h2-7H,1,8H2,(H,10,11). The molecule has 0 aromatic heterocycles. The molecule has 1 aromatic rings. The predicted molar refractivity (Wildman–Crippen MR) is 51.3 cm³/mol. The summed E-state index contributed by atoms with van der Waals surface area (Å²) in [4.78, 5) is 9.00. The third kappa shape index (κ3) is 3.55. The highest BCUT2D eigenvalue weighted by atomic mass is 31.2. The summed E-state index contributed by atoms with van der Waals surface area (Å²) in [6.07, 6.45) is 0. The van der Waals surface area contributed by atoms with Crippen LogP contribution >= 0.6 is 7.60 Å². The van der Waals surface area contributed by atoms with Gasteiger partial charge in [-0.3, -0.25) is 4.57 Å². The Morgan fingerprint density at radius 1 is 1.46 bits per heavy atom. The van der Waals surface area contributed by atoms with Crippen molar-refractivity contribution in [2.45, 2.75) is 6.61 Å². The Hall–Kier alpha value is -0.890. The van der Waals surface area contributed by atoms with Gasteiger partial charge in [-0.1, -0.05) is 36.9 Å². The summed E-state index contributed by atoms with van der Waals surface area (Å²) in [6.45, 7) is 3.33. The lowest BCUT2D eigenvalue weighted by Crippen LogP contribution is -1.88. The third-order valence-corrected chi connectivity index (χ3v) is 2.45. The molecule has 0 bridgehead atoms. The molecule has 0 fully saturated rings. The van der Waals surface area contributed by atoms with Crippen molar-refractivity contribution in [1.29, 1.82) is 0 Å². The molecule has 0 aliphatic carbocycles. The van der Waals surface area contributed by atoms with Crippen LogP contribution in [0.2, 0.25) is 0 Å². The highest BCUT2D eigenvalue weighted by molar-refractivity contribution is 7.56. The van der Waals surface area contributed by atoms with Crippen molar-refractivity contribution in [1.82, 2.24) is 0 Å². The summed E-state index contributed by atoms with van der Waals surface area (Å²) in [5, 5.41) is 0. The van der Waals surface area contributed by atoms with Gasteiger partial charge in [0.25, 0.3) is 0 Å². The molecule has 0 saturated heterocycles. The molecule has 3 nitrogen and oxygen atoms in total. The summed E-state index contributed by atoms with van der Waals surface area (Å²) in [7, 11) is -3.57. The van der Waals surface area contributed by atoms with E-state index < -0.39 is 7.60 Å². The smallest absolute Gasteiger partial charge is 0.321 e. The van der Waals surface area contributed by atoms with E-state index in [0.717, 1.165) is 11.4 Å². The van der Waals surface area contributed by atoms with E-state index in [0.29, 0.717) is 0 Å². The normalized spacial score (nSPS) is 14.8. The second-order valence-electron chi connectivity index (χ2n) is 2.51. The lowest BCUT2D eigenvalue weighted by Gasteiger charge is -2.06. The first-order valence-electron chi connectivity index (χ1n) is 3.78. The molecule has 1 unspecified atom stereocenters. The van der Waals surface area contributed by atoms with E-state index in [1.165, 1.54) is 0 Å². The van der Waals surface area contributed by atoms with Gasteiger partial charge in [0.1, 0.15) is 0 Å². The van der Waals surface area contributed by atoms with Crippen LogP contribution in [0.3, 0.4) is 0 Å². The number of benzene rings is 1. The topological polar surface area (TPSA) is 46.5 Å². The molecule has 1 rings (SSSR count). The minimum absolute atomic E-state index is 0.126. The van der Waals surface area contributed by atoms with Crippen LogP contribution in [0.25, 0.3) is 0 Å². The van der Waals surface area contributed by atoms with Crippen LogP contribution in [0, 0.1) is 0 Å². The van der Waals surface area contributed by atoms with Crippen LogP contribution in [-0.2, 0) is 15.7 Å². The molecule has 0 aliphatic rings. The molecular weight excluding hydrogens is 187 g/mol. The lowest BCUT2D eigenvalue weighted by atomic mass is 10.2. The van der Waals surface area contributed by atoms with Crippen molar-refractivity contribution in [3.05, 3.63) is 48.3 Å². The summed E-state index contributed by atoms with van der Waals surface area (Å²) in [6, 6.07) is 9.20. The van der Waals surface area contributed by atoms with Crippen LogP contribution in [0.1, 0.15) is 5.56 Å². The Bertz CT molecular complexity index is 321. The van der Waals surface area contributed by atoms with Crippen LogP contribution in [-0.4, -0.2) is 4.89 Å². The fourth-order valence-corrected chi connectivity index (χ4v) is 1.23. The summed E-state index contributed by atoms with van der Waals surface area (Å²) >= 11 is 0. The second-order valence-corrected chi connectivity index (χ2v) is 4.26. The van der Waals surface area contributed by atoms with Crippen LogP contribution in [0.4, 0.5) is 0 Å². The largest absolute Gasteiger partial charge is 0.351 e. The predicted octanol–water partition coefficient (Wildman–Crippen LogP) is 2.53. The van der Waals surface area contributed by atoms with Gasteiger partial charge in [-0.25, -0.2) is 0 Å². The van der Waals surface area contributed by atoms with Crippen LogP contribution in [0.5, 0.6) is 0 Å². The van der Waals surface area contributed by atoms with E-state index in [4.69, 9.17) is 9.42 Å². The number of rotatable bonds is 4. The van der Waals surface area contributed by atoms with Crippen molar-refractivity contribution >= 4 is 7.60 Å². The van der Waals surface area contributed by atoms with Gasteiger partial charge in [0.15, 0.2) is 0 Å². The summed E-state index contributed by atoms with van der Waals surface area (Å²) in [5.41, 5.74) is 0.860. The number of hydrogen-bond acceptors (Lipinski definition) is 2. The molecule has 0 saturated carbocycles. The van der Waals surface area contributed by atoms with E-state index in [9.17, 15) is 4.57 Å². The van der Waals surface area contributed by atoms with Gasteiger partial charge in [0.05, 0.1) is 6.61 Å². The minimum atomic E-state index is -3.57. The first-order chi connectivity index (χ1) is 6.14. The van der Waals surface area contributed by atoms with Gasteiger partial charge < -0.3 is 9.42 Å². The van der Waals surface area contributed by atoms with Crippen LogP contribution < -0.4 is 0 Å². The molecule has 0 amide bonds. The van der Waals surface area contributed by atoms with E-state index in [1.807, 2.05) is 30.3 Å². The SMILES string of the molecule is C=CP(=O)(O)OCc1ccccc1. The summed E-state index contributed by atoms with van der Waals surface area (Å²) < 4.78 is 15.7. The van der Waals surface area contributed by atoms with Crippen molar-refractivity contribution < 1.29 is 14.0 Å². The van der Waals surface area contributed by atoms with Gasteiger partial charge in [-0.2, -0.15) is 0 Å². The molecule has 0 heterocycles. The average Bonchev–Trinajstić information content (AvgIpc) is 2.17. The molecule has 13 heavy (non-hydrogen) atoms. The van der Waals surface area contributed by atoms with Gasteiger partial charge in [-0.05, 0) is 5.56 Å². The average molecular weight is 198 g/mol. The molecule has 0 spiro atoms. The summed E-state index contributed by atoms with van der Waals surface area (Å²) in [5.74, 6) is 0.927. The Morgan fingerprint density at radius 2 is 2.08 bits per heavy atom. The number of hydrogen-bond donors (Lipinski definition) is 1. The van der Waals surface area contributed by atoms with Gasteiger partial charge in [-0.15, -0.1) is 0 Å². The van der Waals surface area contributed by atoms with E-state index in [1.54, 1.807) is 0 Å². The molecule has 0 aliphatic heterocycles. The van der Waals surface area contributed by atoms with Gasteiger partial charge in [0, 0.05) is 5.82 Å². The zero-order chi connectivity index (χ0) is 9.73. The fourth-order valence-electron chi connectivity index (χ4n) is 0.794. The quantitative estimate of drug-likeness (QED) is 0.756. The molecule has 0 radical (unpaired) electrons. The Kier molecular flexibility index (Phi) is 3.43. The first-order valence-corrected chi connectivity index (χ1v) is 5.43. The molecule has 70 valence electrons. The van der Waals surface area contributed by atoms with E-state index in [-0.39, 0.29) is 6.61 Å². The van der Waals surface area contributed by atoms with E-state index in [2.05, 4.69) is 6.58 Å². The van der Waals surface area contributed by atoms with Gasteiger partial charge in [0.2, 0.25) is 0 Å². The lowest BCUT2D eigenvalue weighted by molar-refractivity contribution is 0.259. The molecule has 4 heteroatoms. The maximum Gasteiger partial charge on any atom is 0.351 e. The Balaban J connectivity index is 2.53. The maximum absolute atomic E-state index is 11.0. The van der Waals surface area contributed by atoms with Crippen LogP contribution in [0.15, 0.2) is 42.7 Å². The molecule has 1 atom stereocenters. The van der Waals surface area contributed by atoms with Gasteiger partial charge >= 0.3 is 7.60 Å². The molecular formula is C9H11O3P. The maximum atomic E-state index is 11.0. The Labute approximate surface area is 77.2 Å². The Morgan fingerprint density at radius 3 is 2.62 bits per heavy atom. The second kappa shape index (κ2) is 4.38. The zero-order valence-electron chi connectivity index (χ0n) is 7.09.